The number of halogens is 1. The van der Waals surface area contributed by atoms with E-state index in [4.69, 9.17) is 0 Å². The molecule has 0 bridgehead atoms. The lowest BCUT2D eigenvalue weighted by Gasteiger charge is -2.12. The molecule has 0 unspecified atom stereocenters. The number of rotatable bonds is 9. The molecule has 0 radical (unpaired) electrons. The minimum Gasteiger partial charge on any atom is -0.206 e. The topological polar surface area (TPSA) is 0 Å². The van der Waals surface area contributed by atoms with Gasteiger partial charge in [0, 0.05) is 5.56 Å². The molecule has 0 aromatic heterocycles. The third-order valence-electron chi connectivity index (χ3n) is 6.47. The van der Waals surface area contributed by atoms with E-state index in [1.54, 1.807) is 6.07 Å². The van der Waals surface area contributed by atoms with Gasteiger partial charge in [-0.25, -0.2) is 4.39 Å². The van der Waals surface area contributed by atoms with E-state index in [1.807, 2.05) is 31.2 Å². The number of benzene rings is 4. The van der Waals surface area contributed by atoms with Crippen LogP contribution in [0.4, 0.5) is 4.39 Å². The van der Waals surface area contributed by atoms with E-state index >= 15 is 0 Å². The fourth-order valence-electron chi connectivity index (χ4n) is 4.33. The van der Waals surface area contributed by atoms with Crippen LogP contribution in [0.2, 0.25) is 0 Å². The van der Waals surface area contributed by atoms with Crippen molar-refractivity contribution >= 4 is 12.2 Å². The molecule has 35 heavy (non-hydrogen) atoms. The normalized spacial score (nSPS) is 12.4. The Morgan fingerprint density at radius 1 is 0.743 bits per heavy atom. The van der Waals surface area contributed by atoms with E-state index < -0.39 is 0 Å². The van der Waals surface area contributed by atoms with E-state index in [1.165, 1.54) is 16.7 Å². The average Bonchev–Trinajstić information content (AvgIpc) is 2.90. The Morgan fingerprint density at radius 2 is 1.43 bits per heavy atom. The summed E-state index contributed by atoms with van der Waals surface area (Å²) < 4.78 is 14.8. The molecule has 176 valence electrons. The SMILES string of the molecule is C/C=C/CCc1ccc(-c2ccc(C=Cc3ccc(C[C@@H](C)c4ccccc4)cc3)c(F)c2)cc1. The monoisotopic (exact) mass is 460 g/mol. The second-order valence-electron chi connectivity index (χ2n) is 9.13. The molecule has 4 aromatic carbocycles. The summed E-state index contributed by atoms with van der Waals surface area (Å²) in [6, 6.07) is 33.1. The largest absolute Gasteiger partial charge is 0.206 e. The van der Waals surface area contributed by atoms with Gasteiger partial charge in [-0.05, 0) is 71.6 Å². The van der Waals surface area contributed by atoms with Gasteiger partial charge in [-0.1, -0.05) is 122 Å². The van der Waals surface area contributed by atoms with Crippen LogP contribution < -0.4 is 0 Å². The summed E-state index contributed by atoms with van der Waals surface area (Å²) >= 11 is 0. The molecule has 0 aliphatic carbocycles. The molecule has 0 heterocycles. The molecule has 0 spiro atoms. The van der Waals surface area contributed by atoms with Gasteiger partial charge in [-0.15, -0.1) is 0 Å². The lowest BCUT2D eigenvalue weighted by atomic mass is 9.93. The first-order valence-electron chi connectivity index (χ1n) is 12.4. The molecule has 4 rings (SSSR count). The molecule has 0 amide bonds. The molecule has 1 heteroatoms. The van der Waals surface area contributed by atoms with Crippen molar-refractivity contribution in [2.45, 2.75) is 39.0 Å². The molecule has 0 saturated carbocycles. The van der Waals surface area contributed by atoms with E-state index in [9.17, 15) is 4.39 Å². The fourth-order valence-corrected chi connectivity index (χ4v) is 4.33. The highest BCUT2D eigenvalue weighted by Crippen LogP contribution is 2.25. The van der Waals surface area contributed by atoms with Gasteiger partial charge in [0.2, 0.25) is 0 Å². The Kier molecular flexibility index (Phi) is 8.46. The zero-order valence-corrected chi connectivity index (χ0v) is 20.6. The maximum atomic E-state index is 14.8. The standard InChI is InChI=1S/C34H33F/c1-3-4-6-9-27-16-19-31(20-17-27)33-23-22-32(34(35)25-33)21-18-28-12-14-29(15-13-28)24-26(2)30-10-7-5-8-11-30/h3-5,7-8,10-23,25-26H,6,9,24H2,1-2H3/b4-3+,21-18?/t26-/m1/s1. The molecule has 0 N–H and O–H groups in total. The summed E-state index contributed by atoms with van der Waals surface area (Å²) in [7, 11) is 0. The summed E-state index contributed by atoms with van der Waals surface area (Å²) in [5.74, 6) is 0.267. The first kappa shape index (κ1) is 24.4. The van der Waals surface area contributed by atoms with Crippen molar-refractivity contribution in [1.29, 1.82) is 0 Å². The van der Waals surface area contributed by atoms with Crippen LogP contribution in [0, 0.1) is 5.82 Å². The lowest BCUT2D eigenvalue weighted by Crippen LogP contribution is -1.98. The molecular formula is C34H33F. The van der Waals surface area contributed by atoms with Crippen LogP contribution in [0.25, 0.3) is 23.3 Å². The summed E-state index contributed by atoms with van der Waals surface area (Å²) in [6.07, 6.45) is 11.1. The summed E-state index contributed by atoms with van der Waals surface area (Å²) in [6.45, 7) is 4.30. The molecule has 0 aliphatic rings. The van der Waals surface area contributed by atoms with E-state index in [-0.39, 0.29) is 5.82 Å². The molecule has 4 aromatic rings. The highest BCUT2D eigenvalue weighted by atomic mass is 19.1. The number of allylic oxidation sites excluding steroid dienone is 2. The van der Waals surface area contributed by atoms with Gasteiger partial charge in [-0.2, -0.15) is 0 Å². The van der Waals surface area contributed by atoms with Crippen molar-refractivity contribution in [3.63, 3.8) is 0 Å². The maximum absolute atomic E-state index is 14.8. The van der Waals surface area contributed by atoms with Gasteiger partial charge in [0.05, 0.1) is 0 Å². The zero-order chi connectivity index (χ0) is 24.5. The van der Waals surface area contributed by atoms with Crippen molar-refractivity contribution < 1.29 is 4.39 Å². The van der Waals surface area contributed by atoms with Crippen LogP contribution in [0.3, 0.4) is 0 Å². The molecule has 1 atom stereocenters. The summed E-state index contributed by atoms with van der Waals surface area (Å²) in [5, 5.41) is 0. The smallest absolute Gasteiger partial charge is 0.131 e. The molecule has 0 nitrogen and oxygen atoms in total. The Balaban J connectivity index is 1.38. The Labute approximate surface area is 209 Å². The van der Waals surface area contributed by atoms with Crippen LogP contribution in [-0.4, -0.2) is 0 Å². The Morgan fingerprint density at radius 3 is 2.11 bits per heavy atom. The van der Waals surface area contributed by atoms with Crippen LogP contribution >= 0.6 is 0 Å². The predicted molar refractivity (Wildman–Crippen MR) is 149 cm³/mol. The first-order valence-corrected chi connectivity index (χ1v) is 12.4. The minimum absolute atomic E-state index is 0.204. The highest BCUT2D eigenvalue weighted by Gasteiger charge is 2.07. The highest BCUT2D eigenvalue weighted by molar-refractivity contribution is 5.72. The van der Waals surface area contributed by atoms with E-state index in [2.05, 4.69) is 97.9 Å². The molecule has 0 fully saturated rings. The fraction of sp³-hybridized carbons (Fsp3) is 0.176. The van der Waals surface area contributed by atoms with Crippen LogP contribution in [-0.2, 0) is 12.8 Å². The van der Waals surface area contributed by atoms with Gasteiger partial charge in [0.15, 0.2) is 0 Å². The third kappa shape index (κ3) is 6.90. The number of hydrogen-bond donors (Lipinski definition) is 0. The second-order valence-corrected chi connectivity index (χ2v) is 9.13. The molecule has 0 aliphatic heterocycles. The van der Waals surface area contributed by atoms with Crippen molar-refractivity contribution in [3.8, 4) is 11.1 Å². The van der Waals surface area contributed by atoms with Gasteiger partial charge < -0.3 is 0 Å². The van der Waals surface area contributed by atoms with E-state index in [0.29, 0.717) is 11.5 Å². The zero-order valence-electron chi connectivity index (χ0n) is 20.6. The average molecular weight is 461 g/mol. The molecule has 0 saturated heterocycles. The minimum atomic E-state index is -0.204. The van der Waals surface area contributed by atoms with E-state index in [0.717, 1.165) is 36.0 Å². The summed E-state index contributed by atoms with van der Waals surface area (Å²) in [5.41, 5.74) is 7.56. The predicted octanol–water partition coefficient (Wildman–Crippen LogP) is 9.52. The van der Waals surface area contributed by atoms with Gasteiger partial charge in [0.1, 0.15) is 5.82 Å². The third-order valence-corrected chi connectivity index (χ3v) is 6.47. The quantitative estimate of drug-likeness (QED) is 0.172. The van der Waals surface area contributed by atoms with Crippen molar-refractivity contribution in [3.05, 3.63) is 143 Å². The van der Waals surface area contributed by atoms with Gasteiger partial charge >= 0.3 is 0 Å². The van der Waals surface area contributed by atoms with Gasteiger partial charge in [0.25, 0.3) is 0 Å². The van der Waals surface area contributed by atoms with Crippen molar-refractivity contribution in [2.75, 3.05) is 0 Å². The second kappa shape index (κ2) is 12.1. The van der Waals surface area contributed by atoms with Crippen LogP contribution in [0.5, 0.6) is 0 Å². The first-order chi connectivity index (χ1) is 17.1. The van der Waals surface area contributed by atoms with Crippen LogP contribution in [0.15, 0.2) is 109 Å². The lowest BCUT2D eigenvalue weighted by molar-refractivity contribution is 0.625. The van der Waals surface area contributed by atoms with Crippen molar-refractivity contribution in [1.82, 2.24) is 0 Å². The van der Waals surface area contributed by atoms with Crippen molar-refractivity contribution in [2.24, 2.45) is 0 Å². The molecular weight excluding hydrogens is 427 g/mol. The maximum Gasteiger partial charge on any atom is 0.131 e. The Hall–Kier alpha value is -3.71. The Bertz CT molecular complexity index is 1260. The van der Waals surface area contributed by atoms with Crippen LogP contribution in [0.1, 0.15) is 54.0 Å². The number of aryl methyl sites for hydroxylation is 1. The number of hydrogen-bond acceptors (Lipinski definition) is 0. The summed E-state index contributed by atoms with van der Waals surface area (Å²) in [4.78, 5) is 0. The van der Waals surface area contributed by atoms with Gasteiger partial charge in [-0.3, -0.25) is 0 Å².